The molecule has 0 saturated carbocycles. The standard InChI is InChI=1S/C25H23N5O3S/c1-16(31)18-10-7-11-19(14-18)26-20(32)15-30-24(33)22-23(21(28-30)17-8-3-2-4-9-17)34-25(27-22)29-12-5-6-13-29/h2-4,7-11,14H,5-6,12-13,15H2,1H3,(H,26,32). The summed E-state index contributed by atoms with van der Waals surface area (Å²) >= 11 is 1.47. The van der Waals surface area contributed by atoms with Crippen LogP contribution in [0.1, 0.15) is 30.1 Å². The predicted molar refractivity (Wildman–Crippen MR) is 134 cm³/mol. The second-order valence-electron chi connectivity index (χ2n) is 8.23. The first-order valence-corrected chi connectivity index (χ1v) is 11.9. The number of benzene rings is 2. The molecule has 1 N–H and O–H groups in total. The van der Waals surface area contributed by atoms with Crippen LogP contribution in [0.5, 0.6) is 0 Å². The fourth-order valence-corrected chi connectivity index (χ4v) is 5.15. The number of ketones is 1. The summed E-state index contributed by atoms with van der Waals surface area (Å²) in [7, 11) is 0. The summed E-state index contributed by atoms with van der Waals surface area (Å²) < 4.78 is 1.89. The van der Waals surface area contributed by atoms with E-state index in [0.717, 1.165) is 41.3 Å². The van der Waals surface area contributed by atoms with Gasteiger partial charge in [0.05, 0.1) is 4.70 Å². The van der Waals surface area contributed by atoms with Crippen molar-refractivity contribution in [3.8, 4) is 11.3 Å². The Hall–Kier alpha value is -3.85. The van der Waals surface area contributed by atoms with E-state index in [1.54, 1.807) is 24.3 Å². The Morgan fingerprint density at radius 1 is 1.06 bits per heavy atom. The minimum Gasteiger partial charge on any atom is -0.348 e. The minimum atomic E-state index is -0.413. The van der Waals surface area contributed by atoms with Gasteiger partial charge in [0.1, 0.15) is 12.2 Å². The zero-order valence-electron chi connectivity index (χ0n) is 18.7. The smallest absolute Gasteiger partial charge is 0.294 e. The van der Waals surface area contributed by atoms with E-state index in [1.807, 2.05) is 30.3 Å². The number of Topliss-reactive ketones (excluding diaryl/α,β-unsaturated/α-hetero) is 1. The molecule has 9 heteroatoms. The molecule has 3 heterocycles. The molecule has 0 unspecified atom stereocenters. The van der Waals surface area contributed by atoms with Gasteiger partial charge in [-0.25, -0.2) is 9.67 Å². The summed E-state index contributed by atoms with van der Waals surface area (Å²) in [6.07, 6.45) is 2.21. The molecule has 0 atom stereocenters. The molecule has 1 aliphatic rings. The molecule has 4 aromatic rings. The Bertz CT molecular complexity index is 1440. The van der Waals surface area contributed by atoms with Crippen molar-refractivity contribution < 1.29 is 9.59 Å². The molecule has 1 aliphatic heterocycles. The van der Waals surface area contributed by atoms with E-state index < -0.39 is 11.5 Å². The minimum absolute atomic E-state index is 0.0933. The number of nitrogens with one attached hydrogen (secondary N) is 1. The first kappa shape index (κ1) is 22.0. The average molecular weight is 474 g/mol. The molecule has 0 aliphatic carbocycles. The maximum atomic E-state index is 13.3. The maximum Gasteiger partial charge on any atom is 0.294 e. The van der Waals surface area contributed by atoms with Crippen LogP contribution in [0.2, 0.25) is 0 Å². The highest BCUT2D eigenvalue weighted by atomic mass is 32.1. The lowest BCUT2D eigenvalue weighted by Crippen LogP contribution is -2.30. The van der Waals surface area contributed by atoms with Crippen LogP contribution < -0.4 is 15.8 Å². The van der Waals surface area contributed by atoms with E-state index >= 15 is 0 Å². The van der Waals surface area contributed by atoms with Crippen LogP contribution in [-0.4, -0.2) is 39.5 Å². The summed E-state index contributed by atoms with van der Waals surface area (Å²) in [5.41, 5.74) is 2.39. The number of amides is 1. The van der Waals surface area contributed by atoms with Crippen LogP contribution in [-0.2, 0) is 11.3 Å². The first-order valence-electron chi connectivity index (χ1n) is 11.1. The van der Waals surface area contributed by atoms with Gasteiger partial charge >= 0.3 is 0 Å². The van der Waals surface area contributed by atoms with Gasteiger partial charge in [-0.2, -0.15) is 5.10 Å². The number of anilines is 2. The fraction of sp³-hybridized carbons (Fsp3) is 0.240. The lowest BCUT2D eigenvalue weighted by Gasteiger charge is -2.11. The Morgan fingerprint density at radius 3 is 2.56 bits per heavy atom. The normalized spacial score (nSPS) is 13.4. The molecule has 1 fully saturated rings. The third-order valence-electron chi connectivity index (χ3n) is 5.76. The van der Waals surface area contributed by atoms with Gasteiger partial charge in [-0.05, 0) is 31.9 Å². The molecule has 1 amide bonds. The van der Waals surface area contributed by atoms with E-state index in [0.29, 0.717) is 22.5 Å². The Kier molecular flexibility index (Phi) is 5.93. The number of carbonyl (C=O) groups excluding carboxylic acids is 2. The molecule has 34 heavy (non-hydrogen) atoms. The van der Waals surface area contributed by atoms with Crippen molar-refractivity contribution in [2.75, 3.05) is 23.3 Å². The number of aromatic nitrogens is 3. The summed E-state index contributed by atoms with van der Waals surface area (Å²) in [5.74, 6) is -0.507. The lowest BCUT2D eigenvalue weighted by atomic mass is 10.1. The number of carbonyl (C=O) groups is 2. The van der Waals surface area contributed by atoms with Crippen molar-refractivity contribution in [1.29, 1.82) is 0 Å². The van der Waals surface area contributed by atoms with Gasteiger partial charge < -0.3 is 10.2 Å². The highest BCUT2D eigenvalue weighted by Gasteiger charge is 2.22. The molecule has 0 radical (unpaired) electrons. The van der Waals surface area contributed by atoms with Crippen molar-refractivity contribution in [1.82, 2.24) is 14.8 Å². The average Bonchev–Trinajstić information content (AvgIpc) is 3.52. The van der Waals surface area contributed by atoms with Crippen LogP contribution in [0, 0.1) is 0 Å². The van der Waals surface area contributed by atoms with E-state index in [2.05, 4.69) is 20.3 Å². The molecule has 5 rings (SSSR count). The highest BCUT2D eigenvalue weighted by molar-refractivity contribution is 7.22. The molecule has 0 bridgehead atoms. The van der Waals surface area contributed by atoms with Crippen molar-refractivity contribution in [2.24, 2.45) is 0 Å². The first-order chi connectivity index (χ1) is 16.5. The lowest BCUT2D eigenvalue weighted by molar-refractivity contribution is -0.117. The molecular weight excluding hydrogens is 450 g/mol. The molecule has 172 valence electrons. The Morgan fingerprint density at radius 2 is 1.82 bits per heavy atom. The van der Waals surface area contributed by atoms with Crippen molar-refractivity contribution in [2.45, 2.75) is 26.3 Å². The summed E-state index contributed by atoms with van der Waals surface area (Å²) in [5, 5.41) is 8.14. The van der Waals surface area contributed by atoms with Crippen LogP contribution in [0.15, 0.2) is 59.4 Å². The predicted octanol–water partition coefficient (Wildman–Crippen LogP) is 3.96. The summed E-state index contributed by atoms with van der Waals surface area (Å²) in [4.78, 5) is 44.6. The van der Waals surface area contributed by atoms with Gasteiger partial charge in [0.2, 0.25) is 5.91 Å². The molecular formula is C25H23N5O3S. The zero-order valence-corrected chi connectivity index (χ0v) is 19.5. The number of fused-ring (bicyclic) bond motifs is 1. The van der Waals surface area contributed by atoms with Gasteiger partial charge in [-0.3, -0.25) is 14.4 Å². The maximum absolute atomic E-state index is 13.3. The van der Waals surface area contributed by atoms with Gasteiger partial charge in [-0.15, -0.1) is 0 Å². The van der Waals surface area contributed by atoms with Crippen LogP contribution >= 0.6 is 11.3 Å². The van der Waals surface area contributed by atoms with E-state index in [9.17, 15) is 14.4 Å². The Balaban J connectivity index is 1.52. The van der Waals surface area contributed by atoms with Crippen molar-refractivity contribution in [3.05, 3.63) is 70.5 Å². The van der Waals surface area contributed by atoms with Gasteiger partial charge in [0.25, 0.3) is 5.56 Å². The number of thiazole rings is 1. The fourth-order valence-electron chi connectivity index (χ4n) is 4.04. The monoisotopic (exact) mass is 473 g/mol. The molecule has 2 aromatic carbocycles. The number of hydrogen-bond donors (Lipinski definition) is 1. The number of nitrogens with zero attached hydrogens (tertiary/aromatic N) is 4. The second-order valence-corrected chi connectivity index (χ2v) is 9.21. The molecule has 1 saturated heterocycles. The van der Waals surface area contributed by atoms with Crippen LogP contribution in [0.4, 0.5) is 10.8 Å². The molecule has 2 aromatic heterocycles. The van der Waals surface area contributed by atoms with Gasteiger partial charge in [-0.1, -0.05) is 53.8 Å². The zero-order chi connectivity index (χ0) is 23.7. The second kappa shape index (κ2) is 9.18. The van der Waals surface area contributed by atoms with E-state index in [-0.39, 0.29) is 12.3 Å². The quantitative estimate of drug-likeness (QED) is 0.426. The van der Waals surface area contributed by atoms with E-state index in [1.165, 1.54) is 22.9 Å². The topological polar surface area (TPSA) is 97.2 Å². The highest BCUT2D eigenvalue weighted by Crippen LogP contribution is 2.34. The third kappa shape index (κ3) is 4.34. The number of rotatable bonds is 6. The number of hydrogen-bond acceptors (Lipinski definition) is 7. The molecule has 8 nitrogen and oxygen atoms in total. The van der Waals surface area contributed by atoms with Crippen molar-refractivity contribution >= 4 is 44.1 Å². The van der Waals surface area contributed by atoms with Gasteiger partial charge in [0, 0.05) is 29.9 Å². The van der Waals surface area contributed by atoms with Crippen LogP contribution in [0.25, 0.3) is 21.5 Å². The largest absolute Gasteiger partial charge is 0.348 e. The van der Waals surface area contributed by atoms with Crippen LogP contribution in [0.3, 0.4) is 0 Å². The SMILES string of the molecule is CC(=O)c1cccc(NC(=O)Cn2nc(-c3ccccc3)c3sc(N4CCCC4)nc3c2=O)c1. The third-order valence-corrected chi connectivity index (χ3v) is 6.88. The van der Waals surface area contributed by atoms with Gasteiger partial charge in [0.15, 0.2) is 16.4 Å². The summed E-state index contributed by atoms with van der Waals surface area (Å²) in [6.45, 7) is 3.04. The Labute approximate surface area is 199 Å². The van der Waals surface area contributed by atoms with Crippen molar-refractivity contribution in [3.63, 3.8) is 0 Å². The van der Waals surface area contributed by atoms with E-state index in [4.69, 9.17) is 0 Å². The molecule has 0 spiro atoms. The summed E-state index contributed by atoms with van der Waals surface area (Å²) in [6, 6.07) is 16.3.